The maximum absolute atomic E-state index is 14.8. The summed E-state index contributed by atoms with van der Waals surface area (Å²) in [4.78, 5) is 44.0. The molecule has 1 aromatic heterocycles. The third kappa shape index (κ3) is 6.80. The van der Waals surface area contributed by atoms with Crippen LogP contribution in [0.1, 0.15) is 11.1 Å². The molecule has 2 aromatic carbocycles. The summed E-state index contributed by atoms with van der Waals surface area (Å²) in [6.07, 6.45) is -9.22. The summed E-state index contributed by atoms with van der Waals surface area (Å²) in [7, 11) is 2.83. The summed E-state index contributed by atoms with van der Waals surface area (Å²) < 4.78 is 91.4. The van der Waals surface area contributed by atoms with E-state index in [2.05, 4.69) is 4.98 Å². The number of piperazine rings is 1. The number of aliphatic hydroxyl groups excluding tert-OH is 2. The van der Waals surface area contributed by atoms with Gasteiger partial charge in [0.25, 0.3) is 0 Å². The summed E-state index contributed by atoms with van der Waals surface area (Å²) in [5.74, 6) is -8.94. The van der Waals surface area contributed by atoms with E-state index >= 15 is 0 Å². The molecular formula is C28H24ClF5N4O9. The smallest absolute Gasteiger partial charge is 0.417 e. The maximum atomic E-state index is 14.8. The van der Waals surface area contributed by atoms with Gasteiger partial charge in [0.05, 0.1) is 10.6 Å². The van der Waals surface area contributed by atoms with E-state index in [4.69, 9.17) is 30.5 Å². The van der Waals surface area contributed by atoms with Crippen molar-refractivity contribution in [1.82, 2.24) is 14.5 Å². The molecule has 1 spiro atoms. The summed E-state index contributed by atoms with van der Waals surface area (Å²) in [5.41, 5.74) is -2.19. The summed E-state index contributed by atoms with van der Waals surface area (Å²) >= 11 is 5.57. The fourth-order valence-corrected chi connectivity index (χ4v) is 4.97. The molecule has 47 heavy (non-hydrogen) atoms. The van der Waals surface area contributed by atoms with Gasteiger partial charge in [0.1, 0.15) is 24.7 Å². The minimum atomic E-state index is -4.84. The van der Waals surface area contributed by atoms with Crippen LogP contribution >= 0.6 is 11.6 Å². The van der Waals surface area contributed by atoms with Gasteiger partial charge in [0.2, 0.25) is 5.88 Å². The largest absolute Gasteiger partial charge is 0.473 e. The first-order chi connectivity index (χ1) is 22.0. The van der Waals surface area contributed by atoms with E-state index in [1.54, 1.807) is 0 Å². The molecule has 0 bridgehead atoms. The van der Waals surface area contributed by atoms with Crippen molar-refractivity contribution in [3.63, 3.8) is 0 Å². The number of nitrogens with zero attached hydrogens (tertiary/aromatic N) is 4. The van der Waals surface area contributed by atoms with E-state index in [9.17, 15) is 46.5 Å². The topological polar surface area (TPSA) is 153 Å². The molecule has 0 aliphatic carbocycles. The van der Waals surface area contributed by atoms with Crippen molar-refractivity contribution < 1.29 is 60.7 Å². The van der Waals surface area contributed by atoms with Crippen LogP contribution in [0.3, 0.4) is 0 Å². The molecule has 2 atom stereocenters. The van der Waals surface area contributed by atoms with E-state index in [0.29, 0.717) is 6.07 Å². The Labute approximate surface area is 266 Å². The Morgan fingerprint density at radius 1 is 1.00 bits per heavy atom. The molecule has 2 saturated heterocycles. The summed E-state index contributed by atoms with van der Waals surface area (Å²) in [6.45, 7) is -0.622. The average molecular weight is 691 g/mol. The molecule has 0 amide bonds. The number of aromatic nitrogens is 2. The van der Waals surface area contributed by atoms with Crippen LogP contribution < -0.4 is 20.1 Å². The van der Waals surface area contributed by atoms with E-state index in [1.165, 1.54) is 30.0 Å². The molecule has 2 fully saturated rings. The van der Waals surface area contributed by atoms with E-state index in [1.807, 2.05) is 0 Å². The molecule has 3 aromatic rings. The molecule has 13 nitrogen and oxygen atoms in total. The van der Waals surface area contributed by atoms with Crippen LogP contribution in [0.15, 0.2) is 41.2 Å². The number of alkyl halides is 3. The Kier molecular flexibility index (Phi) is 9.06. The molecule has 2 aliphatic heterocycles. The number of benzene rings is 2. The number of anilines is 1. The van der Waals surface area contributed by atoms with Crippen molar-refractivity contribution in [2.75, 3.05) is 31.6 Å². The highest BCUT2D eigenvalue weighted by Crippen LogP contribution is 2.39. The van der Waals surface area contributed by atoms with Gasteiger partial charge in [-0.05, 0) is 42.9 Å². The molecule has 19 heteroatoms. The molecular weight excluding hydrogens is 667 g/mol. The molecule has 252 valence electrons. The number of aliphatic hydroxyl groups is 2. The fourth-order valence-electron chi connectivity index (χ4n) is 4.75. The molecule has 5 rings (SSSR count). The first-order valence-corrected chi connectivity index (χ1v) is 13.9. The van der Waals surface area contributed by atoms with Gasteiger partial charge in [-0.1, -0.05) is 11.6 Å². The van der Waals surface area contributed by atoms with Gasteiger partial charge in [-0.25, -0.2) is 28.1 Å². The predicted octanol–water partition coefficient (Wildman–Crippen LogP) is 2.33. The molecule has 2 aliphatic rings. The van der Waals surface area contributed by atoms with Crippen molar-refractivity contribution in [1.29, 1.82) is 0 Å². The Balaban J connectivity index is 1.35. The second-order valence-corrected chi connectivity index (χ2v) is 10.9. The van der Waals surface area contributed by atoms with Crippen LogP contribution in [0.4, 0.5) is 27.8 Å². The van der Waals surface area contributed by atoms with Crippen LogP contribution in [0.25, 0.3) is 0 Å². The number of carbonyl (C=O) groups is 2. The predicted molar refractivity (Wildman–Crippen MR) is 148 cm³/mol. The van der Waals surface area contributed by atoms with Crippen LogP contribution in [0.2, 0.25) is 5.02 Å². The molecule has 2 N–H and O–H groups in total. The normalized spacial score (nSPS) is 22.1. The van der Waals surface area contributed by atoms with Crippen LogP contribution in [0.5, 0.6) is 17.4 Å². The standard InChI is InChI=1S/C28H24ClF5N4O9/c1-36-5-6-38(12-27(36)46-24(41)21(39)22(40)25(42)47-27)20-10-19(35-26(43)37(20)2)44-11-13-7-17(30)23(18(31)8-13)45-14-3-4-16(29)15(9-14)28(32,33)34/h3-4,7-10,21-22,39-40H,5-6,11-12H2,1-2H3. The number of esters is 2. The lowest BCUT2D eigenvalue weighted by Crippen LogP contribution is -2.65. The van der Waals surface area contributed by atoms with Crippen molar-refractivity contribution in [2.24, 2.45) is 7.05 Å². The lowest BCUT2D eigenvalue weighted by molar-refractivity contribution is -0.280. The SMILES string of the molecule is CN1CCN(c2cc(OCc3cc(F)c(Oc4ccc(Cl)c(C(F)(F)F)c4)c(F)c3)nc(=O)n2C)CC12OC(=O)C(O)C(O)C(=O)O2. The van der Waals surface area contributed by atoms with E-state index in [0.717, 1.165) is 28.8 Å². The molecule has 0 saturated carbocycles. The highest BCUT2D eigenvalue weighted by atomic mass is 35.5. The van der Waals surface area contributed by atoms with Gasteiger partial charge in [0, 0.05) is 26.2 Å². The van der Waals surface area contributed by atoms with E-state index < -0.39 is 82.3 Å². The monoisotopic (exact) mass is 690 g/mol. The third-order valence-electron chi connectivity index (χ3n) is 7.30. The van der Waals surface area contributed by atoms with Crippen LogP contribution in [-0.4, -0.2) is 81.4 Å². The average Bonchev–Trinajstić information content (AvgIpc) is 3.07. The van der Waals surface area contributed by atoms with E-state index in [-0.39, 0.29) is 36.9 Å². The van der Waals surface area contributed by atoms with Gasteiger partial charge in [-0.2, -0.15) is 18.2 Å². The van der Waals surface area contributed by atoms with Crippen molar-refractivity contribution in [3.05, 3.63) is 74.7 Å². The zero-order chi connectivity index (χ0) is 34.4. The van der Waals surface area contributed by atoms with Gasteiger partial charge in [-0.15, -0.1) is 0 Å². The minimum absolute atomic E-state index is 0.0972. The van der Waals surface area contributed by atoms with Crippen LogP contribution in [-0.2, 0) is 38.9 Å². The Bertz CT molecular complexity index is 1740. The second kappa shape index (κ2) is 12.6. The highest BCUT2D eigenvalue weighted by molar-refractivity contribution is 6.31. The van der Waals surface area contributed by atoms with Crippen molar-refractivity contribution in [2.45, 2.75) is 30.9 Å². The fraction of sp³-hybridized carbons (Fsp3) is 0.357. The Hall–Kier alpha value is -4.52. The molecule has 3 heterocycles. The summed E-state index contributed by atoms with van der Waals surface area (Å²) in [5, 5.41) is 19.1. The molecule has 2 unspecified atom stereocenters. The number of halogens is 6. The van der Waals surface area contributed by atoms with Crippen molar-refractivity contribution >= 4 is 29.4 Å². The van der Waals surface area contributed by atoms with Gasteiger partial charge in [0.15, 0.2) is 29.6 Å². The highest BCUT2D eigenvalue weighted by Gasteiger charge is 2.54. The van der Waals surface area contributed by atoms with Crippen molar-refractivity contribution in [3.8, 4) is 17.4 Å². The Morgan fingerprint density at radius 2 is 1.62 bits per heavy atom. The number of carbonyl (C=O) groups excluding carboxylic acids is 2. The zero-order valence-corrected chi connectivity index (χ0v) is 25.0. The number of hydrogen-bond donors (Lipinski definition) is 2. The van der Waals surface area contributed by atoms with Crippen LogP contribution in [0, 0.1) is 11.6 Å². The third-order valence-corrected chi connectivity index (χ3v) is 7.63. The first kappa shape index (κ1) is 33.8. The number of likely N-dealkylation sites (N-methyl/N-ethyl adjacent to an activating group) is 1. The lowest BCUT2D eigenvalue weighted by atomic mass is 10.2. The number of rotatable bonds is 6. The maximum Gasteiger partial charge on any atom is 0.417 e. The lowest BCUT2D eigenvalue weighted by Gasteiger charge is -2.46. The number of hydrogen-bond acceptors (Lipinski definition) is 12. The number of ether oxygens (including phenoxy) is 4. The van der Waals surface area contributed by atoms with Gasteiger partial charge >= 0.3 is 29.7 Å². The zero-order valence-electron chi connectivity index (χ0n) is 24.3. The quantitative estimate of drug-likeness (QED) is 0.288. The molecule has 0 radical (unpaired) electrons. The van der Waals surface area contributed by atoms with Gasteiger partial charge in [-0.3, -0.25) is 4.57 Å². The minimum Gasteiger partial charge on any atom is -0.473 e. The Morgan fingerprint density at radius 3 is 2.21 bits per heavy atom. The van der Waals surface area contributed by atoms with Gasteiger partial charge < -0.3 is 34.1 Å². The second-order valence-electron chi connectivity index (χ2n) is 10.5. The summed E-state index contributed by atoms with van der Waals surface area (Å²) in [6, 6.07) is 5.27. The first-order valence-electron chi connectivity index (χ1n) is 13.5.